The fourth-order valence-electron chi connectivity index (χ4n) is 2.39. The molecule has 1 aliphatic carbocycles. The third-order valence-corrected chi connectivity index (χ3v) is 5.27. The van der Waals surface area contributed by atoms with Gasteiger partial charge in [-0.1, -0.05) is 6.07 Å². The van der Waals surface area contributed by atoms with Gasteiger partial charge in [0.2, 0.25) is 10.0 Å². The summed E-state index contributed by atoms with van der Waals surface area (Å²) in [7, 11) is -3.63. The zero-order valence-electron chi connectivity index (χ0n) is 12.2. The van der Waals surface area contributed by atoms with Crippen LogP contribution in [-0.2, 0) is 14.8 Å². The van der Waals surface area contributed by atoms with E-state index in [4.69, 9.17) is 4.74 Å². The predicted octanol–water partition coefficient (Wildman–Crippen LogP) is 1.04. The van der Waals surface area contributed by atoms with E-state index < -0.39 is 10.0 Å². The lowest BCUT2D eigenvalue weighted by molar-refractivity contribution is 0.0951. The molecule has 0 spiro atoms. The molecule has 1 saturated carbocycles. The maximum atomic E-state index is 12.3. The van der Waals surface area contributed by atoms with E-state index in [2.05, 4.69) is 10.0 Å². The normalized spacial score (nSPS) is 21.7. The first-order valence-corrected chi connectivity index (χ1v) is 9.05. The number of carbonyl (C=O) groups is 1. The van der Waals surface area contributed by atoms with Crippen molar-refractivity contribution in [2.24, 2.45) is 0 Å². The maximum Gasteiger partial charge on any atom is 0.251 e. The van der Waals surface area contributed by atoms with Gasteiger partial charge in [0.1, 0.15) is 0 Å². The molecule has 2 aliphatic rings. The third kappa shape index (κ3) is 3.85. The Morgan fingerprint density at radius 2 is 2.09 bits per heavy atom. The predicted molar refractivity (Wildman–Crippen MR) is 81.1 cm³/mol. The van der Waals surface area contributed by atoms with Crippen molar-refractivity contribution in [1.82, 2.24) is 10.0 Å². The summed E-state index contributed by atoms with van der Waals surface area (Å²) < 4.78 is 32.6. The molecule has 120 valence electrons. The summed E-state index contributed by atoms with van der Waals surface area (Å²) in [4.78, 5) is 12.1. The molecule has 0 radical (unpaired) electrons. The number of hydrogen-bond donors (Lipinski definition) is 2. The molecule has 1 aromatic carbocycles. The van der Waals surface area contributed by atoms with Gasteiger partial charge in [0.05, 0.1) is 11.0 Å². The van der Waals surface area contributed by atoms with Crippen LogP contribution in [0.15, 0.2) is 29.2 Å². The second-order valence-corrected chi connectivity index (χ2v) is 7.53. The lowest BCUT2D eigenvalue weighted by atomic mass is 10.2. The van der Waals surface area contributed by atoms with E-state index in [0.717, 1.165) is 25.7 Å². The van der Waals surface area contributed by atoms with Crippen molar-refractivity contribution < 1.29 is 17.9 Å². The molecule has 3 rings (SSSR count). The fraction of sp³-hybridized carbons (Fsp3) is 0.533. The molecule has 1 amide bonds. The number of amides is 1. The quantitative estimate of drug-likeness (QED) is 0.819. The summed E-state index contributed by atoms with van der Waals surface area (Å²) in [5, 5.41) is 2.85. The molecule has 0 aromatic heterocycles. The molecule has 6 nitrogen and oxygen atoms in total. The van der Waals surface area contributed by atoms with Crippen LogP contribution >= 0.6 is 0 Å². The molecule has 1 aliphatic heterocycles. The molecule has 2 fully saturated rings. The van der Waals surface area contributed by atoms with Gasteiger partial charge in [0, 0.05) is 24.8 Å². The highest BCUT2D eigenvalue weighted by Gasteiger charge is 2.25. The molecule has 1 atom stereocenters. The Kier molecular flexibility index (Phi) is 4.46. The van der Waals surface area contributed by atoms with Crippen molar-refractivity contribution >= 4 is 15.9 Å². The van der Waals surface area contributed by atoms with Gasteiger partial charge in [-0.25, -0.2) is 13.1 Å². The number of carbonyl (C=O) groups excluding carboxylic acids is 1. The minimum absolute atomic E-state index is 0.0591. The van der Waals surface area contributed by atoms with E-state index >= 15 is 0 Å². The number of nitrogens with one attached hydrogen (secondary N) is 2. The van der Waals surface area contributed by atoms with Crippen molar-refractivity contribution in [3.05, 3.63) is 29.8 Å². The molecule has 1 heterocycles. The Morgan fingerprint density at radius 3 is 2.77 bits per heavy atom. The van der Waals surface area contributed by atoms with Crippen molar-refractivity contribution in [3.63, 3.8) is 0 Å². The summed E-state index contributed by atoms with van der Waals surface area (Å²) in [5.74, 6) is -0.223. The summed E-state index contributed by atoms with van der Waals surface area (Å²) in [6.07, 6.45) is 3.76. The highest BCUT2D eigenvalue weighted by molar-refractivity contribution is 7.89. The summed E-state index contributed by atoms with van der Waals surface area (Å²) in [5.41, 5.74) is 0.367. The first-order chi connectivity index (χ1) is 10.5. The van der Waals surface area contributed by atoms with Gasteiger partial charge < -0.3 is 10.1 Å². The summed E-state index contributed by atoms with van der Waals surface area (Å²) in [6.45, 7) is 0.948. The maximum absolute atomic E-state index is 12.3. The van der Waals surface area contributed by atoms with Crippen LogP contribution in [0.5, 0.6) is 0 Å². The van der Waals surface area contributed by atoms with E-state index in [9.17, 15) is 13.2 Å². The number of ether oxygens (including phenoxy) is 1. The SMILES string of the molecule is O=C(NC1CC1)c1cccc(S(=O)(=O)NC[C@H]2CCCO2)c1. The van der Waals surface area contributed by atoms with Gasteiger partial charge in [0.25, 0.3) is 5.91 Å². The molecule has 2 N–H and O–H groups in total. The largest absolute Gasteiger partial charge is 0.377 e. The van der Waals surface area contributed by atoms with E-state index in [1.54, 1.807) is 12.1 Å². The van der Waals surface area contributed by atoms with Gasteiger partial charge >= 0.3 is 0 Å². The van der Waals surface area contributed by atoms with E-state index in [-0.39, 0.29) is 29.5 Å². The lowest BCUT2D eigenvalue weighted by Crippen LogP contribution is -2.32. The number of sulfonamides is 1. The zero-order chi connectivity index (χ0) is 15.6. The fourth-order valence-corrected chi connectivity index (χ4v) is 3.50. The second kappa shape index (κ2) is 6.36. The van der Waals surface area contributed by atoms with Gasteiger partial charge in [-0.3, -0.25) is 4.79 Å². The number of rotatable bonds is 6. The van der Waals surface area contributed by atoms with Gasteiger partial charge in [-0.15, -0.1) is 0 Å². The van der Waals surface area contributed by atoms with Gasteiger partial charge in [0.15, 0.2) is 0 Å². The molecule has 7 heteroatoms. The van der Waals surface area contributed by atoms with Crippen LogP contribution in [0.2, 0.25) is 0 Å². The highest BCUT2D eigenvalue weighted by Crippen LogP contribution is 2.20. The lowest BCUT2D eigenvalue weighted by Gasteiger charge is -2.12. The molecule has 1 saturated heterocycles. The van der Waals surface area contributed by atoms with Crippen LogP contribution in [-0.4, -0.2) is 39.6 Å². The molecule has 22 heavy (non-hydrogen) atoms. The first-order valence-electron chi connectivity index (χ1n) is 7.57. The molecule has 0 bridgehead atoms. The smallest absolute Gasteiger partial charge is 0.251 e. The van der Waals surface area contributed by atoms with Crippen LogP contribution in [0.3, 0.4) is 0 Å². The highest BCUT2D eigenvalue weighted by atomic mass is 32.2. The van der Waals surface area contributed by atoms with Crippen LogP contribution in [0, 0.1) is 0 Å². The van der Waals surface area contributed by atoms with E-state index in [0.29, 0.717) is 12.2 Å². The Balaban J connectivity index is 1.67. The van der Waals surface area contributed by atoms with Crippen LogP contribution in [0.1, 0.15) is 36.0 Å². The Morgan fingerprint density at radius 1 is 1.27 bits per heavy atom. The molecular weight excluding hydrogens is 304 g/mol. The number of benzene rings is 1. The molecule has 0 unspecified atom stereocenters. The minimum Gasteiger partial charge on any atom is -0.377 e. The Bertz CT molecular complexity index is 649. The zero-order valence-corrected chi connectivity index (χ0v) is 13.1. The summed E-state index contributed by atoms with van der Waals surface area (Å²) >= 11 is 0. The van der Waals surface area contributed by atoms with Crippen LogP contribution < -0.4 is 10.0 Å². The van der Waals surface area contributed by atoms with Crippen molar-refractivity contribution in [2.75, 3.05) is 13.2 Å². The average Bonchev–Trinajstić information content (AvgIpc) is 3.16. The van der Waals surface area contributed by atoms with Crippen molar-refractivity contribution in [1.29, 1.82) is 0 Å². The average molecular weight is 324 g/mol. The first kappa shape index (κ1) is 15.5. The Hall–Kier alpha value is -1.44. The monoisotopic (exact) mass is 324 g/mol. The van der Waals surface area contributed by atoms with Crippen molar-refractivity contribution in [3.8, 4) is 0 Å². The van der Waals surface area contributed by atoms with Crippen molar-refractivity contribution in [2.45, 2.75) is 42.7 Å². The second-order valence-electron chi connectivity index (χ2n) is 5.76. The number of hydrogen-bond acceptors (Lipinski definition) is 4. The summed E-state index contributed by atoms with van der Waals surface area (Å²) in [6, 6.07) is 6.35. The standard InChI is InChI=1S/C15H20N2O4S/c18-15(17-12-6-7-12)11-3-1-5-14(9-11)22(19,20)16-10-13-4-2-8-21-13/h1,3,5,9,12-13,16H,2,4,6-8,10H2,(H,17,18)/t13-/m1/s1. The third-order valence-electron chi connectivity index (χ3n) is 3.84. The topological polar surface area (TPSA) is 84.5 Å². The molecule has 1 aromatic rings. The minimum atomic E-state index is -3.63. The van der Waals surface area contributed by atoms with E-state index in [1.165, 1.54) is 12.1 Å². The van der Waals surface area contributed by atoms with Gasteiger partial charge in [-0.05, 0) is 43.9 Å². The molecular formula is C15H20N2O4S. The van der Waals surface area contributed by atoms with Gasteiger partial charge in [-0.2, -0.15) is 0 Å². The Labute approximate surface area is 130 Å². The van der Waals surface area contributed by atoms with Crippen LogP contribution in [0.4, 0.5) is 0 Å². The van der Waals surface area contributed by atoms with E-state index in [1.807, 2.05) is 0 Å². The van der Waals surface area contributed by atoms with Crippen LogP contribution in [0.25, 0.3) is 0 Å².